The predicted octanol–water partition coefficient (Wildman–Crippen LogP) is 3.35. The lowest BCUT2D eigenvalue weighted by molar-refractivity contribution is -0.117. The van der Waals surface area contributed by atoms with Crippen molar-refractivity contribution >= 4 is 40.4 Å². The highest BCUT2D eigenvalue weighted by Gasteiger charge is 2.54. The molecule has 0 aromatic heterocycles. The zero-order chi connectivity index (χ0) is 14.3. The first-order valence-electron chi connectivity index (χ1n) is 6.98. The Kier molecular flexibility index (Phi) is 3.69. The van der Waals surface area contributed by atoms with Crippen LogP contribution in [-0.4, -0.2) is 10.9 Å². The van der Waals surface area contributed by atoms with Crippen molar-refractivity contribution in [2.75, 3.05) is 5.32 Å². The quantitative estimate of drug-likeness (QED) is 0.842. The molecule has 3 N–H and O–H groups in total. The molecule has 0 heterocycles. The van der Waals surface area contributed by atoms with E-state index in [-0.39, 0.29) is 11.8 Å². The van der Waals surface area contributed by atoms with Crippen molar-refractivity contribution in [3.05, 3.63) is 28.8 Å². The Morgan fingerprint density at radius 3 is 2.50 bits per heavy atom. The summed E-state index contributed by atoms with van der Waals surface area (Å²) in [6, 6.07) is 5.24. The van der Waals surface area contributed by atoms with Crippen LogP contribution >= 0.6 is 23.8 Å². The van der Waals surface area contributed by atoms with E-state index in [4.69, 9.17) is 29.6 Å². The highest BCUT2D eigenvalue weighted by Crippen LogP contribution is 2.55. The SMILES string of the molecule is NC(=S)c1ccc(NC(=O)C2C3CCCCC32)c(Cl)c1. The number of nitrogens with two attached hydrogens (primary N) is 1. The summed E-state index contributed by atoms with van der Waals surface area (Å²) >= 11 is 11.1. The van der Waals surface area contributed by atoms with Gasteiger partial charge in [-0.15, -0.1) is 0 Å². The van der Waals surface area contributed by atoms with Crippen LogP contribution in [0, 0.1) is 17.8 Å². The Labute approximate surface area is 128 Å². The summed E-state index contributed by atoms with van der Waals surface area (Å²) in [7, 11) is 0. The van der Waals surface area contributed by atoms with E-state index in [0.717, 1.165) is 0 Å². The Morgan fingerprint density at radius 2 is 1.95 bits per heavy atom. The molecule has 1 amide bonds. The van der Waals surface area contributed by atoms with Gasteiger partial charge in [0.2, 0.25) is 5.91 Å². The highest BCUT2D eigenvalue weighted by atomic mass is 35.5. The summed E-state index contributed by atoms with van der Waals surface area (Å²) in [6.45, 7) is 0. The summed E-state index contributed by atoms with van der Waals surface area (Å²) in [5.74, 6) is 1.48. The molecule has 2 unspecified atom stereocenters. The molecule has 20 heavy (non-hydrogen) atoms. The molecule has 2 atom stereocenters. The van der Waals surface area contributed by atoms with Crippen LogP contribution in [-0.2, 0) is 4.79 Å². The van der Waals surface area contributed by atoms with E-state index < -0.39 is 0 Å². The number of rotatable bonds is 3. The highest BCUT2D eigenvalue weighted by molar-refractivity contribution is 7.80. The normalized spacial score (nSPS) is 27.6. The van der Waals surface area contributed by atoms with Gasteiger partial charge >= 0.3 is 0 Å². The molecular formula is C15H17ClN2OS. The van der Waals surface area contributed by atoms with Gasteiger partial charge in [-0.2, -0.15) is 0 Å². The van der Waals surface area contributed by atoms with Crippen molar-refractivity contribution in [2.24, 2.45) is 23.5 Å². The molecule has 0 radical (unpaired) electrons. The number of anilines is 1. The molecule has 3 nitrogen and oxygen atoms in total. The van der Waals surface area contributed by atoms with Crippen molar-refractivity contribution in [3.8, 4) is 0 Å². The van der Waals surface area contributed by atoms with Gasteiger partial charge in [-0.05, 0) is 42.9 Å². The number of nitrogens with one attached hydrogen (secondary N) is 1. The molecule has 5 heteroatoms. The molecule has 0 spiro atoms. The maximum Gasteiger partial charge on any atom is 0.228 e. The van der Waals surface area contributed by atoms with Gasteiger partial charge in [0, 0.05) is 11.5 Å². The van der Waals surface area contributed by atoms with Crippen LogP contribution in [0.1, 0.15) is 31.2 Å². The largest absolute Gasteiger partial charge is 0.389 e. The molecule has 106 valence electrons. The fourth-order valence-corrected chi connectivity index (χ4v) is 3.72. The lowest BCUT2D eigenvalue weighted by Crippen LogP contribution is -2.16. The molecule has 0 bridgehead atoms. The van der Waals surface area contributed by atoms with Gasteiger partial charge in [0.15, 0.2) is 0 Å². The van der Waals surface area contributed by atoms with E-state index in [9.17, 15) is 4.79 Å². The van der Waals surface area contributed by atoms with Crippen LogP contribution < -0.4 is 11.1 Å². The zero-order valence-electron chi connectivity index (χ0n) is 11.1. The Balaban J connectivity index is 1.69. The van der Waals surface area contributed by atoms with Gasteiger partial charge in [0.05, 0.1) is 10.7 Å². The van der Waals surface area contributed by atoms with Crippen LogP contribution in [0.3, 0.4) is 0 Å². The molecular weight excluding hydrogens is 292 g/mol. The van der Waals surface area contributed by atoms with Gasteiger partial charge in [-0.25, -0.2) is 0 Å². The number of hydrogen-bond acceptors (Lipinski definition) is 2. The number of halogens is 1. The molecule has 0 saturated heterocycles. The van der Waals surface area contributed by atoms with E-state index in [1.165, 1.54) is 25.7 Å². The number of thiocarbonyl (C=S) groups is 1. The Morgan fingerprint density at radius 1 is 1.30 bits per heavy atom. The topological polar surface area (TPSA) is 55.1 Å². The van der Waals surface area contributed by atoms with E-state index in [1.807, 2.05) is 0 Å². The monoisotopic (exact) mass is 308 g/mol. The van der Waals surface area contributed by atoms with E-state index in [0.29, 0.717) is 33.1 Å². The van der Waals surface area contributed by atoms with Crippen molar-refractivity contribution < 1.29 is 4.79 Å². The van der Waals surface area contributed by atoms with Gasteiger partial charge in [0.25, 0.3) is 0 Å². The van der Waals surface area contributed by atoms with Crippen LogP contribution in [0.2, 0.25) is 5.02 Å². The fraction of sp³-hybridized carbons (Fsp3) is 0.467. The van der Waals surface area contributed by atoms with Crippen molar-refractivity contribution in [1.82, 2.24) is 0 Å². The van der Waals surface area contributed by atoms with Crippen LogP contribution in [0.25, 0.3) is 0 Å². The molecule has 2 saturated carbocycles. The van der Waals surface area contributed by atoms with E-state index in [1.54, 1.807) is 18.2 Å². The first-order chi connectivity index (χ1) is 9.58. The molecule has 1 aromatic carbocycles. The Bertz CT molecular complexity index is 563. The lowest BCUT2D eigenvalue weighted by Gasteiger charge is -2.08. The third kappa shape index (κ3) is 2.54. The third-order valence-corrected chi connectivity index (χ3v) is 5.02. The summed E-state index contributed by atoms with van der Waals surface area (Å²) in [5, 5.41) is 3.42. The van der Waals surface area contributed by atoms with Gasteiger partial charge in [-0.3, -0.25) is 4.79 Å². The average molecular weight is 309 g/mol. The summed E-state index contributed by atoms with van der Waals surface area (Å²) in [5.41, 5.74) is 6.91. The second-order valence-corrected chi connectivity index (χ2v) is 6.53. The number of amides is 1. The molecule has 2 aliphatic rings. The summed E-state index contributed by atoms with van der Waals surface area (Å²) in [4.78, 5) is 12.6. The maximum absolute atomic E-state index is 12.3. The number of benzene rings is 1. The Hall–Kier alpha value is -1.13. The van der Waals surface area contributed by atoms with Crippen molar-refractivity contribution in [1.29, 1.82) is 0 Å². The molecule has 0 aliphatic heterocycles. The first kappa shape index (κ1) is 13.8. The van der Waals surface area contributed by atoms with E-state index in [2.05, 4.69) is 5.32 Å². The first-order valence-corrected chi connectivity index (χ1v) is 7.77. The number of carbonyl (C=O) groups excluding carboxylic acids is 1. The number of fused-ring (bicyclic) bond motifs is 1. The van der Waals surface area contributed by atoms with Gasteiger partial charge in [-0.1, -0.05) is 36.7 Å². The second kappa shape index (κ2) is 5.34. The van der Waals surface area contributed by atoms with Crippen molar-refractivity contribution in [2.45, 2.75) is 25.7 Å². The minimum Gasteiger partial charge on any atom is -0.389 e. The van der Waals surface area contributed by atoms with Crippen LogP contribution in [0.15, 0.2) is 18.2 Å². The second-order valence-electron chi connectivity index (χ2n) is 5.69. The molecule has 2 fully saturated rings. The number of hydrogen-bond donors (Lipinski definition) is 2. The predicted molar refractivity (Wildman–Crippen MR) is 84.9 cm³/mol. The van der Waals surface area contributed by atoms with E-state index >= 15 is 0 Å². The minimum atomic E-state index is 0.104. The maximum atomic E-state index is 12.3. The lowest BCUT2D eigenvalue weighted by atomic mass is 10.0. The smallest absolute Gasteiger partial charge is 0.228 e. The van der Waals surface area contributed by atoms with Crippen molar-refractivity contribution in [3.63, 3.8) is 0 Å². The fourth-order valence-electron chi connectivity index (χ4n) is 3.37. The standard InChI is InChI=1S/C15H17ClN2OS/c16-11-7-8(14(17)20)5-6-12(11)18-15(19)13-9-3-1-2-4-10(9)13/h5-7,9-10,13H,1-4H2,(H2,17,20)(H,18,19). The molecule has 2 aliphatic carbocycles. The number of carbonyl (C=O) groups is 1. The summed E-state index contributed by atoms with van der Waals surface area (Å²) in [6.07, 6.45) is 4.90. The zero-order valence-corrected chi connectivity index (χ0v) is 12.6. The minimum absolute atomic E-state index is 0.104. The average Bonchev–Trinajstić information content (AvgIpc) is 3.15. The van der Waals surface area contributed by atoms with Crippen LogP contribution in [0.4, 0.5) is 5.69 Å². The molecule has 3 rings (SSSR count). The molecule has 1 aromatic rings. The summed E-state index contributed by atoms with van der Waals surface area (Å²) < 4.78 is 0. The van der Waals surface area contributed by atoms with Gasteiger partial charge < -0.3 is 11.1 Å². The van der Waals surface area contributed by atoms with Crippen LogP contribution in [0.5, 0.6) is 0 Å². The third-order valence-electron chi connectivity index (χ3n) is 4.47. The van der Waals surface area contributed by atoms with Gasteiger partial charge in [0.1, 0.15) is 4.99 Å².